The predicted molar refractivity (Wildman–Crippen MR) is 132 cm³/mol. The number of rotatable bonds is 6. The Morgan fingerprint density at radius 2 is 1.73 bits per heavy atom. The molecule has 0 radical (unpaired) electrons. The maximum absolute atomic E-state index is 12.9. The SMILES string of the molecule is Cc1cccc(C)c1OCCn1c([C@H]2CC(=O)N(c3ccc(Cl)cc3)C2)nc2ccccc21. The molecule has 0 unspecified atom stereocenters. The molecule has 6 heteroatoms. The highest BCUT2D eigenvalue weighted by atomic mass is 35.5. The van der Waals surface area contributed by atoms with Crippen LogP contribution in [0.2, 0.25) is 5.02 Å². The summed E-state index contributed by atoms with van der Waals surface area (Å²) in [5.41, 5.74) is 5.14. The van der Waals surface area contributed by atoms with E-state index in [9.17, 15) is 4.79 Å². The summed E-state index contributed by atoms with van der Waals surface area (Å²) < 4.78 is 8.41. The van der Waals surface area contributed by atoms with Gasteiger partial charge in [-0.15, -0.1) is 0 Å². The molecule has 0 saturated carbocycles. The molecule has 33 heavy (non-hydrogen) atoms. The van der Waals surface area contributed by atoms with Gasteiger partial charge in [-0.05, 0) is 61.4 Å². The average molecular weight is 460 g/mol. The van der Waals surface area contributed by atoms with Crippen LogP contribution in [0.25, 0.3) is 11.0 Å². The number of halogens is 1. The van der Waals surface area contributed by atoms with Gasteiger partial charge in [0.15, 0.2) is 0 Å². The first-order valence-electron chi connectivity index (χ1n) is 11.2. The second-order valence-corrected chi connectivity index (χ2v) is 9.00. The third kappa shape index (κ3) is 4.21. The van der Waals surface area contributed by atoms with Crippen LogP contribution in [0.5, 0.6) is 5.75 Å². The van der Waals surface area contributed by atoms with Crippen molar-refractivity contribution in [3.8, 4) is 5.75 Å². The minimum absolute atomic E-state index is 0.0146. The maximum atomic E-state index is 12.9. The molecule has 1 aromatic heterocycles. The Balaban J connectivity index is 1.41. The summed E-state index contributed by atoms with van der Waals surface area (Å²) in [7, 11) is 0. The number of aryl methyl sites for hydroxylation is 2. The van der Waals surface area contributed by atoms with Crippen LogP contribution in [0, 0.1) is 13.8 Å². The number of para-hydroxylation sites is 3. The quantitative estimate of drug-likeness (QED) is 0.360. The zero-order valence-corrected chi connectivity index (χ0v) is 19.5. The van der Waals surface area contributed by atoms with E-state index in [1.807, 2.05) is 53.4 Å². The van der Waals surface area contributed by atoms with Crippen molar-refractivity contribution in [2.24, 2.45) is 0 Å². The van der Waals surface area contributed by atoms with Crippen molar-refractivity contribution in [2.75, 3.05) is 18.1 Å². The van der Waals surface area contributed by atoms with Crippen LogP contribution in [0.4, 0.5) is 5.69 Å². The summed E-state index contributed by atoms with van der Waals surface area (Å²) in [6.45, 7) is 5.92. The second-order valence-electron chi connectivity index (χ2n) is 8.56. The van der Waals surface area contributed by atoms with Crippen LogP contribution >= 0.6 is 11.6 Å². The number of amides is 1. The number of anilines is 1. The third-order valence-corrected chi connectivity index (χ3v) is 6.53. The lowest BCUT2D eigenvalue weighted by molar-refractivity contribution is -0.117. The van der Waals surface area contributed by atoms with Gasteiger partial charge in [-0.3, -0.25) is 4.79 Å². The molecule has 0 N–H and O–H groups in total. The van der Waals surface area contributed by atoms with Crippen molar-refractivity contribution < 1.29 is 9.53 Å². The normalized spacial score (nSPS) is 16.0. The summed E-state index contributed by atoms with van der Waals surface area (Å²) in [5.74, 6) is 1.99. The fourth-order valence-corrected chi connectivity index (χ4v) is 4.78. The number of imidazole rings is 1. The Kier molecular flexibility index (Phi) is 5.81. The van der Waals surface area contributed by atoms with Crippen LogP contribution in [-0.4, -0.2) is 28.6 Å². The van der Waals surface area contributed by atoms with Crippen molar-refractivity contribution in [3.05, 3.63) is 88.7 Å². The van der Waals surface area contributed by atoms with E-state index in [0.29, 0.717) is 31.1 Å². The van der Waals surface area contributed by atoms with Crippen LogP contribution in [0.3, 0.4) is 0 Å². The van der Waals surface area contributed by atoms with E-state index in [1.54, 1.807) is 0 Å². The predicted octanol–water partition coefficient (Wildman–Crippen LogP) is 5.91. The van der Waals surface area contributed by atoms with Gasteiger partial charge in [-0.2, -0.15) is 0 Å². The zero-order valence-electron chi connectivity index (χ0n) is 18.8. The Labute approximate surface area is 198 Å². The van der Waals surface area contributed by atoms with Gasteiger partial charge in [0.2, 0.25) is 5.91 Å². The first-order valence-corrected chi connectivity index (χ1v) is 11.6. The first kappa shape index (κ1) is 21.5. The van der Waals surface area contributed by atoms with E-state index >= 15 is 0 Å². The molecule has 0 bridgehead atoms. The van der Waals surface area contributed by atoms with Crippen molar-refractivity contribution >= 4 is 34.2 Å². The molecule has 3 aromatic carbocycles. The van der Waals surface area contributed by atoms with Crippen LogP contribution in [0.15, 0.2) is 66.7 Å². The minimum Gasteiger partial charge on any atom is -0.491 e. The lowest BCUT2D eigenvalue weighted by atomic mass is 10.1. The molecule has 5 rings (SSSR count). The number of fused-ring (bicyclic) bond motifs is 1. The fourth-order valence-electron chi connectivity index (χ4n) is 4.66. The van der Waals surface area contributed by atoms with Gasteiger partial charge in [-0.1, -0.05) is 41.9 Å². The number of carbonyl (C=O) groups excluding carboxylic acids is 1. The highest BCUT2D eigenvalue weighted by Crippen LogP contribution is 2.33. The largest absolute Gasteiger partial charge is 0.491 e. The van der Waals surface area contributed by atoms with Crippen molar-refractivity contribution in [1.82, 2.24) is 9.55 Å². The molecule has 168 valence electrons. The van der Waals surface area contributed by atoms with Crippen LogP contribution in [-0.2, 0) is 11.3 Å². The van der Waals surface area contributed by atoms with E-state index in [1.165, 1.54) is 0 Å². The molecule has 1 aliphatic heterocycles. The van der Waals surface area contributed by atoms with Crippen LogP contribution < -0.4 is 9.64 Å². The molecule has 0 spiro atoms. The van der Waals surface area contributed by atoms with Crippen molar-refractivity contribution in [3.63, 3.8) is 0 Å². The number of hydrogen-bond acceptors (Lipinski definition) is 3. The summed E-state index contributed by atoms with van der Waals surface area (Å²) in [6.07, 6.45) is 0.434. The average Bonchev–Trinajstić information content (AvgIpc) is 3.37. The highest BCUT2D eigenvalue weighted by molar-refractivity contribution is 6.30. The molecule has 1 saturated heterocycles. The second kappa shape index (κ2) is 8.91. The molecule has 0 aliphatic carbocycles. The third-order valence-electron chi connectivity index (χ3n) is 6.28. The lowest BCUT2D eigenvalue weighted by Gasteiger charge is -2.18. The Bertz CT molecular complexity index is 1290. The van der Waals surface area contributed by atoms with Gasteiger partial charge in [0.25, 0.3) is 0 Å². The molecule has 1 amide bonds. The number of hydrogen-bond donors (Lipinski definition) is 0. The number of aromatic nitrogens is 2. The topological polar surface area (TPSA) is 47.4 Å². The number of benzene rings is 3. The molecular weight excluding hydrogens is 434 g/mol. The summed E-state index contributed by atoms with van der Waals surface area (Å²) in [4.78, 5) is 19.6. The number of ether oxygens (including phenoxy) is 1. The van der Waals surface area contributed by atoms with Gasteiger partial charge in [0, 0.05) is 29.6 Å². The Hall–Kier alpha value is -3.31. The summed E-state index contributed by atoms with van der Waals surface area (Å²) in [6, 6.07) is 21.7. The molecule has 5 nitrogen and oxygen atoms in total. The Morgan fingerprint density at radius 1 is 1.00 bits per heavy atom. The van der Waals surface area contributed by atoms with E-state index < -0.39 is 0 Å². The number of carbonyl (C=O) groups is 1. The van der Waals surface area contributed by atoms with Gasteiger partial charge in [0.05, 0.1) is 17.6 Å². The molecule has 1 fully saturated rings. The summed E-state index contributed by atoms with van der Waals surface area (Å²) >= 11 is 6.03. The molecule has 2 heterocycles. The summed E-state index contributed by atoms with van der Waals surface area (Å²) in [5, 5.41) is 0.660. The van der Waals surface area contributed by atoms with E-state index in [4.69, 9.17) is 21.3 Å². The van der Waals surface area contributed by atoms with Gasteiger partial charge >= 0.3 is 0 Å². The molecule has 1 aliphatic rings. The maximum Gasteiger partial charge on any atom is 0.227 e. The van der Waals surface area contributed by atoms with E-state index in [0.717, 1.165) is 39.4 Å². The highest BCUT2D eigenvalue weighted by Gasteiger charge is 2.34. The van der Waals surface area contributed by atoms with Gasteiger partial charge in [0.1, 0.15) is 18.2 Å². The van der Waals surface area contributed by atoms with Crippen LogP contribution in [0.1, 0.15) is 29.3 Å². The minimum atomic E-state index is 0.0146. The zero-order chi connectivity index (χ0) is 22.9. The monoisotopic (exact) mass is 459 g/mol. The first-order chi connectivity index (χ1) is 16.0. The molecular formula is C27H26ClN3O2. The lowest BCUT2D eigenvalue weighted by Crippen LogP contribution is -2.24. The fraction of sp³-hybridized carbons (Fsp3) is 0.259. The molecule has 4 aromatic rings. The van der Waals surface area contributed by atoms with Crippen molar-refractivity contribution in [1.29, 1.82) is 0 Å². The Morgan fingerprint density at radius 3 is 2.48 bits per heavy atom. The van der Waals surface area contributed by atoms with Gasteiger partial charge in [-0.25, -0.2) is 4.98 Å². The van der Waals surface area contributed by atoms with Crippen molar-refractivity contribution in [2.45, 2.75) is 32.7 Å². The van der Waals surface area contributed by atoms with E-state index in [2.05, 4.69) is 36.6 Å². The smallest absolute Gasteiger partial charge is 0.227 e. The standard InChI is InChI=1S/C27H26ClN3O2/c1-18-6-5-7-19(2)26(18)33-15-14-30-24-9-4-3-8-23(24)29-27(30)20-16-25(32)31(17-20)22-12-10-21(28)11-13-22/h3-13,20H,14-17H2,1-2H3/t20-/m0/s1. The number of nitrogens with zero attached hydrogens (tertiary/aromatic N) is 3. The molecule has 1 atom stereocenters. The van der Waals surface area contributed by atoms with Gasteiger partial charge < -0.3 is 14.2 Å². The van der Waals surface area contributed by atoms with E-state index in [-0.39, 0.29) is 11.8 Å².